The zero-order valence-corrected chi connectivity index (χ0v) is 18.2. The number of benzene rings is 2. The lowest BCUT2D eigenvalue weighted by Gasteiger charge is -2.19. The fourth-order valence-corrected chi connectivity index (χ4v) is 4.44. The lowest BCUT2D eigenvalue weighted by molar-refractivity contribution is -0.118. The summed E-state index contributed by atoms with van der Waals surface area (Å²) >= 11 is 6.18. The van der Waals surface area contributed by atoms with Crippen molar-refractivity contribution in [2.45, 2.75) is 25.7 Å². The van der Waals surface area contributed by atoms with E-state index in [4.69, 9.17) is 21.1 Å². The van der Waals surface area contributed by atoms with Crippen LogP contribution >= 0.6 is 11.6 Å². The molecule has 0 saturated heterocycles. The summed E-state index contributed by atoms with van der Waals surface area (Å²) in [5.74, 6) is 0.388. The predicted octanol–water partition coefficient (Wildman–Crippen LogP) is 3.79. The first-order chi connectivity index (χ1) is 13.8. The Morgan fingerprint density at radius 1 is 1.03 bits per heavy atom. The van der Waals surface area contributed by atoms with Gasteiger partial charge in [0, 0.05) is 13.1 Å². The largest absolute Gasteiger partial charge is 0.492 e. The van der Waals surface area contributed by atoms with E-state index >= 15 is 0 Å². The van der Waals surface area contributed by atoms with Crippen molar-refractivity contribution >= 4 is 33.2 Å². The second-order valence-electron chi connectivity index (χ2n) is 5.95. The number of rotatable bonds is 10. The summed E-state index contributed by atoms with van der Waals surface area (Å²) in [7, 11) is -3.62. The van der Waals surface area contributed by atoms with Gasteiger partial charge in [-0.2, -0.15) is 4.31 Å². The molecule has 0 aliphatic carbocycles. The minimum atomic E-state index is -3.62. The van der Waals surface area contributed by atoms with Crippen LogP contribution in [0.4, 0.5) is 5.69 Å². The Morgan fingerprint density at radius 2 is 1.72 bits per heavy atom. The summed E-state index contributed by atoms with van der Waals surface area (Å²) in [4.78, 5) is 12.3. The Kier molecular flexibility index (Phi) is 8.31. The third-order valence-electron chi connectivity index (χ3n) is 4.07. The molecule has 0 aliphatic rings. The quantitative estimate of drug-likeness (QED) is 0.607. The van der Waals surface area contributed by atoms with Gasteiger partial charge >= 0.3 is 0 Å². The first kappa shape index (κ1) is 23.0. The van der Waals surface area contributed by atoms with Crippen LogP contribution in [0.15, 0.2) is 47.4 Å². The number of sulfonamides is 1. The number of para-hydroxylation sites is 2. The molecule has 0 heterocycles. The van der Waals surface area contributed by atoms with Crippen LogP contribution in [-0.4, -0.2) is 44.9 Å². The number of hydrogen-bond donors (Lipinski definition) is 1. The fraction of sp³-hybridized carbons (Fsp3) is 0.350. The Balaban J connectivity index is 2.05. The zero-order valence-electron chi connectivity index (χ0n) is 16.6. The number of ether oxygens (including phenoxy) is 2. The van der Waals surface area contributed by atoms with E-state index in [-0.39, 0.29) is 22.3 Å². The van der Waals surface area contributed by atoms with E-state index in [2.05, 4.69) is 5.32 Å². The van der Waals surface area contributed by atoms with E-state index < -0.39 is 15.9 Å². The number of hydrogen-bond acceptors (Lipinski definition) is 5. The molecule has 2 aromatic carbocycles. The van der Waals surface area contributed by atoms with Gasteiger partial charge < -0.3 is 14.8 Å². The molecule has 0 atom stereocenters. The molecule has 0 spiro atoms. The van der Waals surface area contributed by atoms with Gasteiger partial charge in [-0.15, -0.1) is 0 Å². The molecule has 0 aliphatic heterocycles. The number of halogens is 1. The molecule has 2 aromatic rings. The highest BCUT2D eigenvalue weighted by Gasteiger charge is 2.22. The van der Waals surface area contributed by atoms with Gasteiger partial charge in [0.05, 0.1) is 22.2 Å². The van der Waals surface area contributed by atoms with Crippen LogP contribution in [0, 0.1) is 0 Å². The van der Waals surface area contributed by atoms with Crippen LogP contribution in [0.2, 0.25) is 5.02 Å². The first-order valence-electron chi connectivity index (χ1n) is 9.27. The third kappa shape index (κ3) is 5.85. The number of amides is 1. The van der Waals surface area contributed by atoms with Crippen LogP contribution in [0.3, 0.4) is 0 Å². The summed E-state index contributed by atoms with van der Waals surface area (Å²) in [6, 6.07) is 11.3. The molecule has 158 valence electrons. The van der Waals surface area contributed by atoms with Gasteiger partial charge in [0.2, 0.25) is 10.0 Å². The molecular formula is C20H25ClN2O5S. The highest BCUT2D eigenvalue weighted by Crippen LogP contribution is 2.29. The van der Waals surface area contributed by atoms with E-state index in [1.165, 1.54) is 22.5 Å². The van der Waals surface area contributed by atoms with E-state index in [1.807, 2.05) is 13.0 Å². The maximum atomic E-state index is 12.6. The fourth-order valence-electron chi connectivity index (χ4n) is 2.65. The van der Waals surface area contributed by atoms with E-state index in [1.54, 1.807) is 32.0 Å². The molecule has 1 amide bonds. The summed E-state index contributed by atoms with van der Waals surface area (Å²) in [5, 5.41) is 2.83. The van der Waals surface area contributed by atoms with Gasteiger partial charge in [0.1, 0.15) is 11.5 Å². The lowest BCUT2D eigenvalue weighted by atomic mass is 10.3. The van der Waals surface area contributed by atoms with Crippen molar-refractivity contribution in [2.24, 2.45) is 0 Å². The topological polar surface area (TPSA) is 84.9 Å². The standard InChI is InChI=1S/C20H25ClN2O5S/c1-4-23(5-2)29(25,26)15-11-12-18(16(21)13-15)28-14-20(24)22-17-9-7-8-10-19(17)27-6-3/h7-13H,4-6,14H2,1-3H3,(H,22,24). The number of carbonyl (C=O) groups excluding carboxylic acids is 1. The van der Waals surface area contributed by atoms with Crippen LogP contribution in [0.25, 0.3) is 0 Å². The Hall–Kier alpha value is -2.29. The van der Waals surface area contributed by atoms with E-state index in [0.717, 1.165) is 0 Å². The van der Waals surface area contributed by atoms with Crippen molar-refractivity contribution in [3.8, 4) is 11.5 Å². The second kappa shape index (κ2) is 10.5. The Bertz CT molecular complexity index is 946. The van der Waals surface area contributed by atoms with Crippen LogP contribution in [0.5, 0.6) is 11.5 Å². The highest BCUT2D eigenvalue weighted by molar-refractivity contribution is 7.89. The highest BCUT2D eigenvalue weighted by atomic mass is 35.5. The number of anilines is 1. The monoisotopic (exact) mass is 440 g/mol. The molecule has 0 aromatic heterocycles. The lowest BCUT2D eigenvalue weighted by Crippen LogP contribution is -2.30. The molecule has 29 heavy (non-hydrogen) atoms. The minimum absolute atomic E-state index is 0.0774. The molecule has 0 radical (unpaired) electrons. The number of nitrogens with one attached hydrogen (secondary N) is 1. The van der Waals surface area contributed by atoms with Gasteiger partial charge in [-0.05, 0) is 37.3 Å². The number of nitrogens with zero attached hydrogens (tertiary/aromatic N) is 1. The minimum Gasteiger partial charge on any atom is -0.492 e. The van der Waals surface area contributed by atoms with Gasteiger partial charge in [0.15, 0.2) is 6.61 Å². The van der Waals surface area contributed by atoms with Crippen molar-refractivity contribution in [3.05, 3.63) is 47.5 Å². The van der Waals surface area contributed by atoms with Crippen molar-refractivity contribution in [1.29, 1.82) is 0 Å². The van der Waals surface area contributed by atoms with E-state index in [9.17, 15) is 13.2 Å². The molecule has 7 nitrogen and oxygen atoms in total. The van der Waals surface area contributed by atoms with Crippen LogP contribution in [0.1, 0.15) is 20.8 Å². The average molecular weight is 441 g/mol. The summed E-state index contributed by atoms with van der Waals surface area (Å²) in [6.07, 6.45) is 0. The van der Waals surface area contributed by atoms with Gasteiger partial charge in [-0.3, -0.25) is 4.79 Å². The zero-order chi connectivity index (χ0) is 21.4. The van der Waals surface area contributed by atoms with Gasteiger partial charge in [-0.1, -0.05) is 37.6 Å². The maximum absolute atomic E-state index is 12.6. The normalized spacial score (nSPS) is 11.3. The molecule has 1 N–H and O–H groups in total. The number of carbonyl (C=O) groups is 1. The van der Waals surface area contributed by atoms with E-state index in [0.29, 0.717) is 31.1 Å². The van der Waals surface area contributed by atoms with Crippen LogP contribution in [-0.2, 0) is 14.8 Å². The Labute approximate surface area is 176 Å². The summed E-state index contributed by atoms with van der Waals surface area (Å²) in [5.41, 5.74) is 0.537. The van der Waals surface area contributed by atoms with Crippen LogP contribution < -0.4 is 14.8 Å². The van der Waals surface area contributed by atoms with Crippen molar-refractivity contribution in [3.63, 3.8) is 0 Å². The molecule has 9 heteroatoms. The third-order valence-corrected chi connectivity index (χ3v) is 6.41. The Morgan fingerprint density at radius 3 is 2.34 bits per heavy atom. The molecule has 0 saturated carbocycles. The molecule has 0 bridgehead atoms. The molecule has 0 unspecified atom stereocenters. The summed E-state index contributed by atoms with van der Waals surface area (Å²) in [6.45, 7) is 6.29. The second-order valence-corrected chi connectivity index (χ2v) is 8.29. The smallest absolute Gasteiger partial charge is 0.262 e. The summed E-state index contributed by atoms with van der Waals surface area (Å²) < 4.78 is 37.4. The SMILES string of the molecule is CCOc1ccccc1NC(=O)COc1ccc(S(=O)(=O)N(CC)CC)cc1Cl. The molecular weight excluding hydrogens is 416 g/mol. The maximum Gasteiger partial charge on any atom is 0.262 e. The first-order valence-corrected chi connectivity index (χ1v) is 11.1. The predicted molar refractivity (Wildman–Crippen MR) is 113 cm³/mol. The van der Waals surface area contributed by atoms with Crippen molar-refractivity contribution in [2.75, 3.05) is 31.6 Å². The van der Waals surface area contributed by atoms with Gasteiger partial charge in [0.25, 0.3) is 5.91 Å². The molecule has 2 rings (SSSR count). The van der Waals surface area contributed by atoms with Gasteiger partial charge in [-0.25, -0.2) is 8.42 Å². The van der Waals surface area contributed by atoms with Crippen molar-refractivity contribution < 1.29 is 22.7 Å². The van der Waals surface area contributed by atoms with Crippen molar-refractivity contribution in [1.82, 2.24) is 4.31 Å². The average Bonchev–Trinajstić information content (AvgIpc) is 2.69. The molecule has 0 fully saturated rings.